The van der Waals surface area contributed by atoms with E-state index in [0.29, 0.717) is 8.83 Å². The monoisotopic (exact) mass is 249 g/mol. The molecule has 0 bridgehead atoms. The van der Waals surface area contributed by atoms with Crippen LogP contribution in [0.2, 0.25) is 0 Å². The van der Waals surface area contributed by atoms with E-state index < -0.39 is 0 Å². The smallest absolute Gasteiger partial charge is 0.349 e. The fraction of sp³-hybridized carbons (Fsp3) is 0.600. The first-order chi connectivity index (χ1) is 7.15. The number of esters is 1. The van der Waals surface area contributed by atoms with Crippen LogP contribution in [0.5, 0.6) is 0 Å². The first-order valence-electron chi connectivity index (χ1n) is 4.92. The highest BCUT2D eigenvalue weighted by Gasteiger charge is 2.05. The highest BCUT2D eigenvalue weighted by atomic mass is 32.1. The zero-order valence-electron chi connectivity index (χ0n) is 9.92. The molecule has 0 aliphatic carbocycles. The summed E-state index contributed by atoms with van der Waals surface area (Å²) in [5, 5.41) is 0. The molecule has 0 atom stereocenters. The molecule has 5 heteroatoms. The van der Waals surface area contributed by atoms with Crippen LogP contribution < -0.4 is 0 Å². The van der Waals surface area contributed by atoms with E-state index >= 15 is 0 Å². The highest BCUT2D eigenvalue weighted by molar-refractivity contribution is 7.73. The van der Waals surface area contributed by atoms with Gasteiger partial charge in [-0.1, -0.05) is 45.5 Å². The van der Waals surface area contributed by atoms with E-state index in [1.54, 1.807) is 6.20 Å². The van der Waals surface area contributed by atoms with E-state index in [9.17, 15) is 4.79 Å². The Kier molecular flexibility index (Phi) is 12.7. The number of methoxy groups -OCH3 is 1. The number of hydrogen-bond donors (Lipinski definition) is 1. The molecule has 3 nitrogen and oxygen atoms in total. The van der Waals surface area contributed by atoms with Crippen LogP contribution in [-0.4, -0.2) is 18.1 Å². The van der Waals surface area contributed by atoms with Crippen molar-refractivity contribution in [2.45, 2.75) is 34.1 Å². The van der Waals surface area contributed by atoms with E-state index in [1.807, 2.05) is 13.8 Å². The van der Waals surface area contributed by atoms with Gasteiger partial charge in [-0.15, -0.1) is 0 Å². The van der Waals surface area contributed by atoms with Gasteiger partial charge < -0.3 is 9.72 Å². The van der Waals surface area contributed by atoms with Crippen molar-refractivity contribution in [3.8, 4) is 0 Å². The van der Waals surface area contributed by atoms with Gasteiger partial charge in [-0.2, -0.15) is 0 Å². The Morgan fingerprint density at radius 2 is 2.00 bits per heavy atom. The summed E-state index contributed by atoms with van der Waals surface area (Å²) in [4.78, 5) is 14.0. The molecule has 0 amide bonds. The summed E-state index contributed by atoms with van der Waals surface area (Å²) in [7, 11) is 1.34. The van der Waals surface area contributed by atoms with Crippen LogP contribution in [-0.2, 0) is 4.74 Å². The minimum atomic E-state index is -0.350. The van der Waals surface area contributed by atoms with Crippen molar-refractivity contribution in [1.82, 2.24) is 4.98 Å². The zero-order chi connectivity index (χ0) is 12.3. The van der Waals surface area contributed by atoms with Gasteiger partial charge in [-0.3, -0.25) is 0 Å². The van der Waals surface area contributed by atoms with Gasteiger partial charge in [-0.05, 0) is 12.2 Å². The van der Waals surface area contributed by atoms with Gasteiger partial charge >= 0.3 is 5.97 Å². The van der Waals surface area contributed by atoms with Crippen molar-refractivity contribution in [2.75, 3.05) is 7.11 Å². The maximum absolute atomic E-state index is 10.7. The molecule has 0 fully saturated rings. The number of carbonyl (C=O) groups is 1. The lowest BCUT2D eigenvalue weighted by Gasteiger charge is -1.89. The van der Waals surface area contributed by atoms with Crippen LogP contribution in [0.25, 0.3) is 0 Å². The lowest BCUT2D eigenvalue weighted by Crippen LogP contribution is -1.96. The molecule has 15 heavy (non-hydrogen) atoms. The minimum absolute atomic E-state index is 0.350. The summed E-state index contributed by atoms with van der Waals surface area (Å²) in [6.45, 7) is 8.25. The Balaban J connectivity index is 0. The second-order valence-electron chi connectivity index (χ2n) is 2.24. The molecule has 0 aliphatic heterocycles. The van der Waals surface area contributed by atoms with Crippen LogP contribution in [0.15, 0.2) is 6.20 Å². The molecule has 1 rings (SSSR count). The number of carbonyl (C=O) groups excluding carboxylic acids is 1. The van der Waals surface area contributed by atoms with E-state index in [0.717, 1.165) is 0 Å². The van der Waals surface area contributed by atoms with E-state index in [-0.39, 0.29) is 5.97 Å². The molecular formula is C10H19NO2S2. The molecule has 0 saturated carbocycles. The quantitative estimate of drug-likeness (QED) is 0.603. The van der Waals surface area contributed by atoms with E-state index in [1.165, 1.54) is 24.9 Å². The van der Waals surface area contributed by atoms with Gasteiger partial charge in [-0.25, -0.2) is 4.79 Å². The van der Waals surface area contributed by atoms with Gasteiger partial charge in [0, 0.05) is 6.20 Å². The third-order valence-electron chi connectivity index (χ3n) is 0.910. The first-order valence-corrected chi connectivity index (χ1v) is 6.15. The van der Waals surface area contributed by atoms with Crippen molar-refractivity contribution < 1.29 is 9.53 Å². The molecule has 1 aromatic heterocycles. The minimum Gasteiger partial charge on any atom is -0.465 e. The third kappa shape index (κ3) is 8.32. The number of thiazole rings is 1. The average Bonchev–Trinajstić information content (AvgIpc) is 2.68. The lowest BCUT2D eigenvalue weighted by atomic mass is 10.6. The summed E-state index contributed by atoms with van der Waals surface area (Å²) < 4.78 is 5.04. The number of rotatable bonds is 1. The van der Waals surface area contributed by atoms with Gasteiger partial charge in [0.1, 0.15) is 4.88 Å². The van der Waals surface area contributed by atoms with Crippen LogP contribution in [0.4, 0.5) is 0 Å². The van der Waals surface area contributed by atoms with E-state index in [4.69, 9.17) is 12.2 Å². The Morgan fingerprint density at radius 3 is 2.27 bits per heavy atom. The molecule has 1 N–H and O–H groups in total. The maximum Gasteiger partial charge on any atom is 0.349 e. The number of aromatic amines is 1. The molecule has 88 valence electrons. The van der Waals surface area contributed by atoms with Crippen molar-refractivity contribution in [1.29, 1.82) is 0 Å². The standard InChI is InChI=1S/C5H5NO2S2.C3H8.C2H6/c1-8-4(7)3-2-6-5(9)10-3;1-3-2;1-2/h2H,1H3,(H,6,9);3H2,1-2H3;1-2H3. The third-order valence-corrected chi connectivity index (χ3v) is 2.09. The molecule has 0 saturated heterocycles. The average molecular weight is 249 g/mol. The van der Waals surface area contributed by atoms with Crippen LogP contribution in [0.3, 0.4) is 0 Å². The SMILES string of the molecule is CC.CCC.COC(=O)c1c[nH]c(=S)s1. The summed E-state index contributed by atoms with van der Waals surface area (Å²) in [6, 6.07) is 0. The second kappa shape index (κ2) is 11.4. The van der Waals surface area contributed by atoms with Crippen molar-refractivity contribution in [2.24, 2.45) is 0 Å². The van der Waals surface area contributed by atoms with Crippen molar-refractivity contribution in [3.63, 3.8) is 0 Å². The Bertz CT molecular complexity index is 304. The predicted molar refractivity (Wildman–Crippen MR) is 68.2 cm³/mol. The number of ether oxygens (including phenoxy) is 1. The number of hydrogen-bond acceptors (Lipinski definition) is 4. The normalized spacial score (nSPS) is 7.80. The van der Waals surface area contributed by atoms with Crippen LogP contribution in [0.1, 0.15) is 43.8 Å². The summed E-state index contributed by atoms with van der Waals surface area (Å²) in [5.74, 6) is -0.350. The van der Waals surface area contributed by atoms with Gasteiger partial charge in [0.2, 0.25) is 0 Å². The summed E-state index contributed by atoms with van der Waals surface area (Å²) in [5.41, 5.74) is 0. The van der Waals surface area contributed by atoms with Gasteiger partial charge in [0.05, 0.1) is 7.11 Å². The topological polar surface area (TPSA) is 42.1 Å². The number of H-pyrrole nitrogens is 1. The van der Waals surface area contributed by atoms with E-state index in [2.05, 4.69) is 23.6 Å². The van der Waals surface area contributed by atoms with Gasteiger partial charge in [0.25, 0.3) is 0 Å². The highest BCUT2D eigenvalue weighted by Crippen LogP contribution is 2.08. The zero-order valence-corrected chi connectivity index (χ0v) is 11.6. The number of nitrogens with one attached hydrogen (secondary N) is 1. The van der Waals surface area contributed by atoms with Crippen molar-refractivity contribution >= 4 is 29.5 Å². The van der Waals surface area contributed by atoms with Gasteiger partial charge in [0.15, 0.2) is 3.95 Å². The number of aromatic nitrogens is 1. The molecule has 0 aromatic carbocycles. The molecular weight excluding hydrogens is 230 g/mol. The van der Waals surface area contributed by atoms with Crippen LogP contribution in [0, 0.1) is 3.95 Å². The first kappa shape index (κ1) is 16.7. The Labute approximate surface area is 100 Å². The Morgan fingerprint density at radius 1 is 1.53 bits per heavy atom. The fourth-order valence-corrected chi connectivity index (χ4v) is 1.41. The molecule has 0 radical (unpaired) electrons. The summed E-state index contributed by atoms with van der Waals surface area (Å²) in [6.07, 6.45) is 2.79. The molecule has 1 aromatic rings. The molecule has 0 unspecified atom stereocenters. The molecule has 1 heterocycles. The fourth-order valence-electron chi connectivity index (χ4n) is 0.484. The second-order valence-corrected chi connectivity index (χ2v) is 3.96. The maximum atomic E-state index is 10.7. The summed E-state index contributed by atoms with van der Waals surface area (Å²) >= 11 is 5.96. The Hall–Kier alpha value is -0.680. The van der Waals surface area contributed by atoms with Crippen molar-refractivity contribution in [3.05, 3.63) is 15.0 Å². The molecule has 0 aliphatic rings. The predicted octanol–water partition coefficient (Wildman–Crippen LogP) is 4.03. The van der Waals surface area contributed by atoms with Crippen LogP contribution >= 0.6 is 23.6 Å². The molecule has 0 spiro atoms. The largest absolute Gasteiger partial charge is 0.465 e. The lowest BCUT2D eigenvalue weighted by molar-refractivity contribution is 0.0606.